The van der Waals surface area contributed by atoms with E-state index in [9.17, 15) is 10.1 Å². The summed E-state index contributed by atoms with van der Waals surface area (Å²) in [6.07, 6.45) is 0. The van der Waals surface area contributed by atoms with E-state index in [1.165, 1.54) is 17.7 Å². The van der Waals surface area contributed by atoms with Crippen molar-refractivity contribution in [3.8, 4) is 5.75 Å². The molecule has 0 saturated carbocycles. The molecule has 5 heteroatoms. The van der Waals surface area contributed by atoms with E-state index in [1.807, 2.05) is 31.2 Å². The zero-order valence-corrected chi connectivity index (χ0v) is 11.9. The van der Waals surface area contributed by atoms with Crippen LogP contribution in [0.1, 0.15) is 11.1 Å². The summed E-state index contributed by atoms with van der Waals surface area (Å²) in [5.74, 6) is 0.868. The molecule has 0 amide bonds. The fraction of sp³-hybridized carbons (Fsp3) is 0.250. The zero-order chi connectivity index (χ0) is 15.1. The van der Waals surface area contributed by atoms with Crippen molar-refractivity contribution in [2.75, 3.05) is 13.2 Å². The Morgan fingerprint density at radius 3 is 2.62 bits per heavy atom. The van der Waals surface area contributed by atoms with Gasteiger partial charge in [-0.2, -0.15) is 0 Å². The summed E-state index contributed by atoms with van der Waals surface area (Å²) < 4.78 is 5.62. The van der Waals surface area contributed by atoms with E-state index in [2.05, 4.69) is 5.32 Å². The fourth-order valence-electron chi connectivity index (χ4n) is 1.91. The Morgan fingerprint density at radius 1 is 1.19 bits per heavy atom. The average molecular weight is 286 g/mol. The van der Waals surface area contributed by atoms with E-state index in [0.29, 0.717) is 19.7 Å². The molecule has 0 spiro atoms. The third-order valence-corrected chi connectivity index (χ3v) is 3.01. The number of hydrogen-bond acceptors (Lipinski definition) is 4. The second-order valence-corrected chi connectivity index (χ2v) is 4.77. The van der Waals surface area contributed by atoms with Gasteiger partial charge in [0, 0.05) is 25.2 Å². The number of rotatable bonds is 7. The minimum atomic E-state index is -0.396. The molecule has 0 heterocycles. The maximum Gasteiger partial charge on any atom is 0.269 e. The highest BCUT2D eigenvalue weighted by Gasteiger charge is 2.03. The third kappa shape index (κ3) is 4.89. The molecule has 0 radical (unpaired) electrons. The van der Waals surface area contributed by atoms with Gasteiger partial charge in [0.1, 0.15) is 12.4 Å². The van der Waals surface area contributed by atoms with E-state index < -0.39 is 4.92 Å². The van der Waals surface area contributed by atoms with Crippen LogP contribution in [0.5, 0.6) is 5.75 Å². The van der Waals surface area contributed by atoms with Crippen molar-refractivity contribution in [1.82, 2.24) is 5.32 Å². The van der Waals surface area contributed by atoms with Gasteiger partial charge in [0.15, 0.2) is 0 Å². The smallest absolute Gasteiger partial charge is 0.269 e. The Hall–Kier alpha value is -2.40. The molecule has 1 N–H and O–H groups in total. The van der Waals surface area contributed by atoms with Gasteiger partial charge in [-0.05, 0) is 30.2 Å². The van der Waals surface area contributed by atoms with Gasteiger partial charge in [0.05, 0.1) is 4.92 Å². The molecule has 21 heavy (non-hydrogen) atoms. The number of aryl methyl sites for hydroxylation is 1. The number of nitrogens with one attached hydrogen (secondary N) is 1. The second kappa shape index (κ2) is 7.40. The molecule has 0 saturated heterocycles. The number of nitrogens with zero attached hydrogens (tertiary/aromatic N) is 1. The number of non-ortho nitro benzene ring substituents is 1. The summed E-state index contributed by atoms with van der Waals surface area (Å²) in [7, 11) is 0. The molecule has 110 valence electrons. The van der Waals surface area contributed by atoms with E-state index in [0.717, 1.165) is 11.3 Å². The normalized spacial score (nSPS) is 10.3. The topological polar surface area (TPSA) is 64.4 Å². The minimum absolute atomic E-state index is 0.113. The second-order valence-electron chi connectivity index (χ2n) is 4.77. The van der Waals surface area contributed by atoms with Crippen LogP contribution in [0.25, 0.3) is 0 Å². The molecule has 0 aliphatic rings. The van der Waals surface area contributed by atoms with Crippen molar-refractivity contribution < 1.29 is 9.66 Å². The lowest BCUT2D eigenvalue weighted by atomic mass is 10.2. The molecule has 0 aliphatic carbocycles. The quantitative estimate of drug-likeness (QED) is 0.482. The first kappa shape index (κ1) is 15.0. The number of nitro groups is 1. The van der Waals surface area contributed by atoms with Gasteiger partial charge in [-0.1, -0.05) is 24.3 Å². The van der Waals surface area contributed by atoms with Crippen LogP contribution in [0.3, 0.4) is 0 Å². The van der Waals surface area contributed by atoms with Gasteiger partial charge >= 0.3 is 0 Å². The first-order chi connectivity index (χ1) is 10.1. The highest BCUT2D eigenvalue weighted by Crippen LogP contribution is 2.12. The Bertz CT molecular complexity index is 597. The monoisotopic (exact) mass is 286 g/mol. The van der Waals surface area contributed by atoms with Gasteiger partial charge in [0.2, 0.25) is 0 Å². The lowest BCUT2D eigenvalue weighted by Crippen LogP contribution is -2.20. The summed E-state index contributed by atoms with van der Waals surface area (Å²) >= 11 is 0. The molecule has 0 aliphatic heterocycles. The lowest BCUT2D eigenvalue weighted by Gasteiger charge is -2.08. The third-order valence-electron chi connectivity index (χ3n) is 3.01. The lowest BCUT2D eigenvalue weighted by molar-refractivity contribution is -0.384. The van der Waals surface area contributed by atoms with E-state index in [1.54, 1.807) is 12.1 Å². The fourth-order valence-corrected chi connectivity index (χ4v) is 1.91. The largest absolute Gasteiger partial charge is 0.492 e. The van der Waals surface area contributed by atoms with Crippen LogP contribution >= 0.6 is 0 Å². The summed E-state index contributed by atoms with van der Waals surface area (Å²) in [4.78, 5) is 10.1. The summed E-state index contributed by atoms with van der Waals surface area (Å²) in [5.41, 5.74) is 2.30. The van der Waals surface area contributed by atoms with Crippen LogP contribution in [0.15, 0.2) is 48.5 Å². The summed E-state index contributed by atoms with van der Waals surface area (Å²) in [6, 6.07) is 14.5. The van der Waals surface area contributed by atoms with Crippen molar-refractivity contribution in [2.45, 2.75) is 13.5 Å². The van der Waals surface area contributed by atoms with Crippen LogP contribution in [0.4, 0.5) is 5.69 Å². The van der Waals surface area contributed by atoms with Crippen LogP contribution < -0.4 is 10.1 Å². The van der Waals surface area contributed by atoms with Crippen molar-refractivity contribution in [1.29, 1.82) is 0 Å². The average Bonchev–Trinajstić information content (AvgIpc) is 2.47. The SMILES string of the molecule is Cc1cccc(OCCNCc2ccc([N+](=O)[O-])cc2)c1. The van der Waals surface area contributed by atoms with Crippen LogP contribution in [0.2, 0.25) is 0 Å². The maximum atomic E-state index is 10.5. The van der Waals surface area contributed by atoms with E-state index in [4.69, 9.17) is 4.74 Å². The van der Waals surface area contributed by atoms with Crippen molar-refractivity contribution >= 4 is 5.69 Å². The molecule has 2 aromatic rings. The standard InChI is InChI=1S/C16H18N2O3/c1-13-3-2-4-16(11-13)21-10-9-17-12-14-5-7-15(8-6-14)18(19)20/h2-8,11,17H,9-10,12H2,1H3. The maximum absolute atomic E-state index is 10.5. The molecule has 0 unspecified atom stereocenters. The van der Waals surface area contributed by atoms with Crippen molar-refractivity contribution in [2.24, 2.45) is 0 Å². The number of nitro benzene ring substituents is 1. The van der Waals surface area contributed by atoms with Crippen LogP contribution in [-0.4, -0.2) is 18.1 Å². The Kier molecular flexibility index (Phi) is 5.29. The summed E-state index contributed by atoms with van der Waals surface area (Å²) in [5, 5.41) is 13.8. The molecular weight excluding hydrogens is 268 g/mol. The van der Waals surface area contributed by atoms with Gasteiger partial charge in [-0.3, -0.25) is 10.1 Å². The predicted molar refractivity (Wildman–Crippen MR) is 81.5 cm³/mol. The van der Waals surface area contributed by atoms with Gasteiger partial charge < -0.3 is 10.1 Å². The molecule has 2 rings (SSSR count). The molecule has 2 aromatic carbocycles. The van der Waals surface area contributed by atoms with Crippen molar-refractivity contribution in [3.05, 3.63) is 69.8 Å². The number of hydrogen-bond donors (Lipinski definition) is 1. The number of ether oxygens (including phenoxy) is 1. The van der Waals surface area contributed by atoms with E-state index in [-0.39, 0.29) is 5.69 Å². The molecular formula is C16H18N2O3. The first-order valence-electron chi connectivity index (χ1n) is 6.78. The molecule has 0 bridgehead atoms. The zero-order valence-electron chi connectivity index (χ0n) is 11.9. The summed E-state index contributed by atoms with van der Waals surface area (Å²) in [6.45, 7) is 3.98. The first-order valence-corrected chi connectivity index (χ1v) is 6.78. The van der Waals surface area contributed by atoms with Crippen LogP contribution in [0, 0.1) is 17.0 Å². The van der Waals surface area contributed by atoms with Crippen LogP contribution in [-0.2, 0) is 6.54 Å². The Balaban J connectivity index is 1.69. The predicted octanol–water partition coefficient (Wildman–Crippen LogP) is 3.07. The Labute approximate surface area is 123 Å². The van der Waals surface area contributed by atoms with Gasteiger partial charge in [-0.25, -0.2) is 0 Å². The number of benzene rings is 2. The van der Waals surface area contributed by atoms with E-state index >= 15 is 0 Å². The highest BCUT2D eigenvalue weighted by molar-refractivity contribution is 5.32. The minimum Gasteiger partial charge on any atom is -0.492 e. The van der Waals surface area contributed by atoms with Crippen molar-refractivity contribution in [3.63, 3.8) is 0 Å². The Morgan fingerprint density at radius 2 is 1.95 bits per heavy atom. The van der Waals surface area contributed by atoms with Gasteiger partial charge in [-0.15, -0.1) is 0 Å². The molecule has 0 aromatic heterocycles. The highest BCUT2D eigenvalue weighted by atomic mass is 16.6. The molecule has 0 fully saturated rings. The van der Waals surface area contributed by atoms with Gasteiger partial charge in [0.25, 0.3) is 5.69 Å². The molecule has 0 atom stereocenters. The molecule has 5 nitrogen and oxygen atoms in total.